The van der Waals surface area contributed by atoms with Crippen molar-refractivity contribution in [3.63, 3.8) is 0 Å². The first-order valence-corrected chi connectivity index (χ1v) is 9.32. The quantitative estimate of drug-likeness (QED) is 0.737. The van der Waals surface area contributed by atoms with Crippen molar-refractivity contribution >= 4 is 23.9 Å². The molecule has 3 amide bonds. The Hall–Kier alpha value is -2.90. The number of fused-ring (bicyclic) bond motifs is 1. The van der Waals surface area contributed by atoms with Gasteiger partial charge in [-0.1, -0.05) is 17.2 Å². The monoisotopic (exact) mass is 388 g/mol. The van der Waals surface area contributed by atoms with Crippen LogP contribution in [0.3, 0.4) is 0 Å². The molecule has 1 saturated heterocycles. The van der Waals surface area contributed by atoms with Gasteiger partial charge in [0.05, 0.1) is 11.1 Å². The summed E-state index contributed by atoms with van der Waals surface area (Å²) in [5.74, 6) is -1.77. The van der Waals surface area contributed by atoms with Gasteiger partial charge >= 0.3 is 12.1 Å². The van der Waals surface area contributed by atoms with Gasteiger partial charge in [0.15, 0.2) is 0 Å². The lowest BCUT2D eigenvalue weighted by Gasteiger charge is -2.24. The molecule has 0 saturated carbocycles. The molecule has 150 valence electrons. The highest BCUT2D eigenvalue weighted by molar-refractivity contribution is 6.20. The number of carbonyl (C=O) groups is 4. The summed E-state index contributed by atoms with van der Waals surface area (Å²) in [5.41, 5.74) is -0.0982. The molecule has 8 heteroatoms. The second-order valence-corrected chi connectivity index (χ2v) is 8.03. The fraction of sp³-hybridized carbons (Fsp3) is 0.500. The van der Waals surface area contributed by atoms with Crippen LogP contribution in [0.4, 0.5) is 4.79 Å². The van der Waals surface area contributed by atoms with Crippen molar-refractivity contribution in [3.8, 4) is 0 Å². The van der Waals surface area contributed by atoms with E-state index in [0.29, 0.717) is 24.6 Å². The number of hydroxylamine groups is 2. The van der Waals surface area contributed by atoms with E-state index in [0.717, 1.165) is 6.42 Å². The average molecular weight is 388 g/mol. The standard InChI is InChI=1S/C20H24N2O6/c1-20(2,3)27-19(26)21-11-10-13(12-21)8-9-16(23)28-22-17(24)14-6-4-5-7-15(14)18(22)25/h4-7,13H,8-12H2,1-3H3. The van der Waals surface area contributed by atoms with E-state index in [2.05, 4.69) is 0 Å². The van der Waals surface area contributed by atoms with Crippen molar-refractivity contribution in [3.05, 3.63) is 35.4 Å². The van der Waals surface area contributed by atoms with Crippen LogP contribution in [0, 0.1) is 5.92 Å². The highest BCUT2D eigenvalue weighted by atomic mass is 16.7. The Morgan fingerprint density at radius 3 is 2.29 bits per heavy atom. The zero-order valence-electron chi connectivity index (χ0n) is 16.3. The number of rotatable bonds is 4. The number of ether oxygens (including phenoxy) is 1. The molecule has 1 aromatic carbocycles. The zero-order chi connectivity index (χ0) is 20.5. The van der Waals surface area contributed by atoms with Gasteiger partial charge in [-0.05, 0) is 51.7 Å². The van der Waals surface area contributed by atoms with Gasteiger partial charge in [-0.2, -0.15) is 0 Å². The number of nitrogens with zero attached hydrogens (tertiary/aromatic N) is 2. The largest absolute Gasteiger partial charge is 0.444 e. The Balaban J connectivity index is 1.46. The lowest BCUT2D eigenvalue weighted by Crippen LogP contribution is -2.35. The van der Waals surface area contributed by atoms with E-state index < -0.39 is 23.4 Å². The predicted octanol–water partition coefficient (Wildman–Crippen LogP) is 2.78. The van der Waals surface area contributed by atoms with Gasteiger partial charge in [0.1, 0.15) is 5.60 Å². The number of imide groups is 1. The molecule has 2 aliphatic heterocycles. The normalized spacial score (nSPS) is 19.0. The number of likely N-dealkylation sites (tertiary alicyclic amines) is 1. The summed E-state index contributed by atoms with van der Waals surface area (Å²) in [6.07, 6.45) is 0.963. The minimum Gasteiger partial charge on any atom is -0.444 e. The maximum atomic E-state index is 12.2. The molecule has 2 aliphatic rings. The number of hydrogen-bond acceptors (Lipinski definition) is 6. The van der Waals surface area contributed by atoms with Gasteiger partial charge in [0.25, 0.3) is 11.8 Å². The molecule has 1 atom stereocenters. The van der Waals surface area contributed by atoms with Crippen molar-refractivity contribution in [2.45, 2.75) is 45.6 Å². The number of amides is 3. The number of benzene rings is 1. The molecule has 0 N–H and O–H groups in total. The first-order chi connectivity index (χ1) is 13.2. The highest BCUT2D eigenvalue weighted by Crippen LogP contribution is 2.25. The smallest absolute Gasteiger partial charge is 0.410 e. The van der Waals surface area contributed by atoms with Crippen LogP contribution in [0.5, 0.6) is 0 Å². The van der Waals surface area contributed by atoms with Crippen molar-refractivity contribution in [2.75, 3.05) is 13.1 Å². The molecule has 0 aromatic heterocycles. The third-order valence-corrected chi connectivity index (χ3v) is 4.64. The summed E-state index contributed by atoms with van der Waals surface area (Å²) in [6, 6.07) is 6.33. The first kappa shape index (κ1) is 19.9. The van der Waals surface area contributed by atoms with Gasteiger partial charge in [0.2, 0.25) is 0 Å². The van der Waals surface area contributed by atoms with Crippen LogP contribution in [0.15, 0.2) is 24.3 Å². The van der Waals surface area contributed by atoms with Gasteiger partial charge in [-0.3, -0.25) is 9.59 Å². The summed E-state index contributed by atoms with van der Waals surface area (Å²) in [5, 5.41) is 0.522. The summed E-state index contributed by atoms with van der Waals surface area (Å²) in [6.45, 7) is 6.53. The third kappa shape index (κ3) is 4.32. The fourth-order valence-electron chi connectivity index (χ4n) is 3.28. The molecule has 1 fully saturated rings. The van der Waals surface area contributed by atoms with Crippen molar-refractivity contribution in [1.29, 1.82) is 0 Å². The molecule has 8 nitrogen and oxygen atoms in total. The Labute approximate surface area is 163 Å². The summed E-state index contributed by atoms with van der Waals surface area (Å²) < 4.78 is 5.35. The van der Waals surface area contributed by atoms with Crippen molar-refractivity contribution in [1.82, 2.24) is 9.96 Å². The van der Waals surface area contributed by atoms with E-state index in [4.69, 9.17) is 9.57 Å². The number of carbonyl (C=O) groups excluding carboxylic acids is 4. The van der Waals surface area contributed by atoms with Gasteiger partial charge in [-0.15, -0.1) is 0 Å². The first-order valence-electron chi connectivity index (χ1n) is 9.32. The molecular weight excluding hydrogens is 364 g/mol. The predicted molar refractivity (Wildman–Crippen MR) is 98.2 cm³/mol. The molecule has 1 unspecified atom stereocenters. The van der Waals surface area contributed by atoms with Crippen LogP contribution in [-0.4, -0.2) is 52.5 Å². The Kier molecular flexibility index (Phi) is 5.40. The minimum absolute atomic E-state index is 0.0558. The van der Waals surface area contributed by atoms with E-state index in [1.54, 1.807) is 17.0 Å². The second kappa shape index (κ2) is 7.61. The molecular formula is C20H24N2O6. The van der Waals surface area contributed by atoms with Gasteiger partial charge in [-0.25, -0.2) is 9.59 Å². The Bertz CT molecular complexity index is 778. The van der Waals surface area contributed by atoms with E-state index in [1.165, 1.54) is 12.1 Å². The maximum Gasteiger partial charge on any atom is 0.410 e. The minimum atomic E-state index is -0.648. The molecule has 0 spiro atoms. The van der Waals surface area contributed by atoms with E-state index >= 15 is 0 Å². The summed E-state index contributed by atoms with van der Waals surface area (Å²) in [4.78, 5) is 55.3. The maximum absolute atomic E-state index is 12.2. The lowest BCUT2D eigenvalue weighted by atomic mass is 10.0. The molecule has 1 aromatic rings. The summed E-state index contributed by atoms with van der Waals surface area (Å²) in [7, 11) is 0. The van der Waals surface area contributed by atoms with Gasteiger partial charge < -0.3 is 14.5 Å². The molecule has 0 radical (unpaired) electrons. The van der Waals surface area contributed by atoms with Crippen molar-refractivity contribution < 1.29 is 28.8 Å². The second-order valence-electron chi connectivity index (χ2n) is 8.03. The molecule has 28 heavy (non-hydrogen) atoms. The molecule has 0 aliphatic carbocycles. The van der Waals surface area contributed by atoms with Crippen LogP contribution < -0.4 is 0 Å². The topological polar surface area (TPSA) is 93.2 Å². The van der Waals surface area contributed by atoms with E-state index in [1.807, 2.05) is 20.8 Å². The molecule has 0 bridgehead atoms. The average Bonchev–Trinajstić information content (AvgIpc) is 3.19. The zero-order valence-corrected chi connectivity index (χ0v) is 16.3. The molecule has 2 heterocycles. The van der Waals surface area contributed by atoms with Crippen molar-refractivity contribution in [2.24, 2.45) is 5.92 Å². The van der Waals surface area contributed by atoms with Crippen LogP contribution in [0.25, 0.3) is 0 Å². The van der Waals surface area contributed by atoms with Gasteiger partial charge in [0, 0.05) is 19.5 Å². The highest BCUT2D eigenvalue weighted by Gasteiger charge is 2.38. The third-order valence-electron chi connectivity index (χ3n) is 4.64. The lowest BCUT2D eigenvalue weighted by molar-refractivity contribution is -0.168. The SMILES string of the molecule is CC(C)(C)OC(=O)N1CCC(CCC(=O)ON2C(=O)c3ccccc3C2=O)C1. The fourth-order valence-corrected chi connectivity index (χ4v) is 3.28. The van der Waals surface area contributed by atoms with Crippen LogP contribution in [0.1, 0.15) is 60.7 Å². The number of hydrogen-bond donors (Lipinski definition) is 0. The Morgan fingerprint density at radius 1 is 1.11 bits per heavy atom. The van der Waals surface area contributed by atoms with Crippen LogP contribution >= 0.6 is 0 Å². The van der Waals surface area contributed by atoms with Crippen LogP contribution in [-0.2, 0) is 14.4 Å². The van der Waals surface area contributed by atoms with E-state index in [9.17, 15) is 19.2 Å². The molecule has 3 rings (SSSR count). The Morgan fingerprint density at radius 2 is 1.71 bits per heavy atom. The van der Waals surface area contributed by atoms with Crippen LogP contribution in [0.2, 0.25) is 0 Å². The summed E-state index contributed by atoms with van der Waals surface area (Å²) >= 11 is 0. The van der Waals surface area contributed by atoms with E-state index in [-0.39, 0.29) is 29.6 Å².